The Hall–Kier alpha value is -3.34. The molecule has 0 aromatic heterocycles. The highest BCUT2D eigenvalue weighted by Crippen LogP contribution is 2.34. The highest BCUT2D eigenvalue weighted by atomic mass is 16.7. The molecule has 0 spiro atoms. The molecule has 0 amide bonds. The van der Waals surface area contributed by atoms with Crippen LogP contribution in [0.15, 0.2) is 60.7 Å². The SMILES string of the molecule is CCOc1cc(CNc2ccc3c(c2)OCO3)ccc1OCc1ccc(C)cc1. The monoisotopic (exact) mass is 391 g/mol. The van der Waals surface area contributed by atoms with E-state index in [0.29, 0.717) is 19.8 Å². The number of nitrogens with one attached hydrogen (secondary N) is 1. The van der Waals surface area contributed by atoms with Crippen molar-refractivity contribution in [1.82, 2.24) is 0 Å². The van der Waals surface area contributed by atoms with Gasteiger partial charge in [0, 0.05) is 18.3 Å². The molecule has 0 radical (unpaired) electrons. The molecule has 0 unspecified atom stereocenters. The largest absolute Gasteiger partial charge is 0.490 e. The number of fused-ring (bicyclic) bond motifs is 1. The van der Waals surface area contributed by atoms with Crippen LogP contribution >= 0.6 is 0 Å². The molecule has 0 fully saturated rings. The fourth-order valence-electron chi connectivity index (χ4n) is 3.11. The van der Waals surface area contributed by atoms with Crippen LogP contribution in [0.2, 0.25) is 0 Å². The summed E-state index contributed by atoms with van der Waals surface area (Å²) in [7, 11) is 0. The van der Waals surface area contributed by atoms with Gasteiger partial charge in [-0.2, -0.15) is 0 Å². The number of ether oxygens (including phenoxy) is 4. The molecule has 29 heavy (non-hydrogen) atoms. The third-order valence-corrected chi connectivity index (χ3v) is 4.69. The molecule has 4 rings (SSSR count). The van der Waals surface area contributed by atoms with Crippen molar-refractivity contribution in [3.63, 3.8) is 0 Å². The highest BCUT2D eigenvalue weighted by Gasteiger charge is 2.13. The summed E-state index contributed by atoms with van der Waals surface area (Å²) < 4.78 is 22.6. The van der Waals surface area contributed by atoms with Crippen LogP contribution in [0.5, 0.6) is 23.0 Å². The third-order valence-electron chi connectivity index (χ3n) is 4.69. The van der Waals surface area contributed by atoms with Gasteiger partial charge in [0.2, 0.25) is 6.79 Å². The van der Waals surface area contributed by atoms with Gasteiger partial charge in [-0.3, -0.25) is 0 Å². The van der Waals surface area contributed by atoms with E-state index in [1.54, 1.807) is 0 Å². The van der Waals surface area contributed by atoms with Crippen molar-refractivity contribution >= 4 is 5.69 Å². The maximum atomic E-state index is 6.01. The second kappa shape index (κ2) is 8.78. The minimum absolute atomic E-state index is 0.278. The van der Waals surface area contributed by atoms with Crippen LogP contribution in [-0.4, -0.2) is 13.4 Å². The van der Waals surface area contributed by atoms with Gasteiger partial charge in [0.1, 0.15) is 6.61 Å². The zero-order valence-electron chi connectivity index (χ0n) is 16.7. The summed E-state index contributed by atoms with van der Waals surface area (Å²) in [6.07, 6.45) is 0. The lowest BCUT2D eigenvalue weighted by Crippen LogP contribution is -2.03. The van der Waals surface area contributed by atoms with E-state index in [1.165, 1.54) is 5.56 Å². The van der Waals surface area contributed by atoms with Crippen molar-refractivity contribution in [3.05, 3.63) is 77.4 Å². The molecule has 3 aromatic carbocycles. The second-order valence-electron chi connectivity index (χ2n) is 6.91. The van der Waals surface area contributed by atoms with Crippen LogP contribution in [0.3, 0.4) is 0 Å². The molecule has 5 heteroatoms. The van der Waals surface area contributed by atoms with Crippen LogP contribution in [0, 0.1) is 6.92 Å². The predicted molar refractivity (Wildman–Crippen MR) is 113 cm³/mol. The van der Waals surface area contributed by atoms with Crippen molar-refractivity contribution in [2.75, 3.05) is 18.7 Å². The van der Waals surface area contributed by atoms with Crippen molar-refractivity contribution in [1.29, 1.82) is 0 Å². The van der Waals surface area contributed by atoms with Crippen molar-refractivity contribution in [2.24, 2.45) is 0 Å². The van der Waals surface area contributed by atoms with E-state index in [2.05, 4.69) is 36.5 Å². The Morgan fingerprint density at radius 1 is 0.828 bits per heavy atom. The fourth-order valence-corrected chi connectivity index (χ4v) is 3.11. The number of rotatable bonds is 8. The lowest BCUT2D eigenvalue weighted by atomic mass is 10.1. The van der Waals surface area contributed by atoms with Crippen LogP contribution in [0.4, 0.5) is 5.69 Å². The van der Waals surface area contributed by atoms with Crippen LogP contribution in [-0.2, 0) is 13.2 Å². The van der Waals surface area contributed by atoms with Crippen molar-refractivity contribution in [3.8, 4) is 23.0 Å². The summed E-state index contributed by atoms with van der Waals surface area (Å²) in [4.78, 5) is 0. The predicted octanol–water partition coefficient (Wildman–Crippen LogP) is 5.31. The van der Waals surface area contributed by atoms with E-state index in [4.69, 9.17) is 18.9 Å². The first-order valence-corrected chi connectivity index (χ1v) is 9.79. The topological polar surface area (TPSA) is 49.0 Å². The summed E-state index contributed by atoms with van der Waals surface area (Å²) in [5.41, 5.74) is 4.45. The summed E-state index contributed by atoms with van der Waals surface area (Å²) in [6.45, 7) is 6.09. The van der Waals surface area contributed by atoms with Gasteiger partial charge in [-0.05, 0) is 49.2 Å². The Labute approximate surface area is 171 Å². The first-order valence-electron chi connectivity index (χ1n) is 9.79. The molecule has 0 atom stereocenters. The van der Waals surface area contributed by atoms with E-state index in [0.717, 1.165) is 39.8 Å². The Kier molecular flexibility index (Phi) is 5.75. The Bertz CT molecular complexity index is 969. The van der Waals surface area contributed by atoms with Gasteiger partial charge in [-0.1, -0.05) is 35.9 Å². The molecule has 1 aliphatic heterocycles. The van der Waals surface area contributed by atoms with E-state index >= 15 is 0 Å². The molecule has 0 aliphatic carbocycles. The quantitative estimate of drug-likeness (QED) is 0.564. The molecule has 0 bridgehead atoms. The minimum atomic E-state index is 0.278. The van der Waals surface area contributed by atoms with Crippen LogP contribution < -0.4 is 24.3 Å². The summed E-state index contributed by atoms with van der Waals surface area (Å²) in [5, 5.41) is 3.41. The first kappa shape index (κ1) is 19.0. The highest BCUT2D eigenvalue weighted by molar-refractivity contribution is 5.56. The van der Waals surface area contributed by atoms with E-state index in [9.17, 15) is 0 Å². The lowest BCUT2D eigenvalue weighted by Gasteiger charge is -2.14. The zero-order chi connectivity index (χ0) is 20.1. The molecule has 1 N–H and O–H groups in total. The van der Waals surface area contributed by atoms with E-state index < -0.39 is 0 Å². The fraction of sp³-hybridized carbons (Fsp3) is 0.250. The molecule has 1 heterocycles. The minimum Gasteiger partial charge on any atom is -0.490 e. The summed E-state index contributed by atoms with van der Waals surface area (Å²) >= 11 is 0. The van der Waals surface area contributed by atoms with E-state index in [1.807, 2.05) is 43.3 Å². The van der Waals surface area contributed by atoms with Gasteiger partial charge in [-0.25, -0.2) is 0 Å². The molecule has 1 aliphatic rings. The van der Waals surface area contributed by atoms with Gasteiger partial charge >= 0.3 is 0 Å². The van der Waals surface area contributed by atoms with Gasteiger partial charge in [0.05, 0.1) is 6.61 Å². The summed E-state index contributed by atoms with van der Waals surface area (Å²) in [6, 6.07) is 20.2. The number of hydrogen-bond donors (Lipinski definition) is 1. The summed E-state index contributed by atoms with van der Waals surface area (Å²) in [5.74, 6) is 3.05. The smallest absolute Gasteiger partial charge is 0.231 e. The standard InChI is InChI=1S/C24H25NO4/c1-3-26-23-12-19(14-25-20-9-11-22-24(13-20)29-16-28-22)8-10-21(23)27-15-18-6-4-17(2)5-7-18/h4-13,25H,3,14-16H2,1-2H3. The molecule has 150 valence electrons. The van der Waals surface area contributed by atoms with E-state index in [-0.39, 0.29) is 6.79 Å². The van der Waals surface area contributed by atoms with Gasteiger partial charge < -0.3 is 24.3 Å². The number of benzene rings is 3. The second-order valence-corrected chi connectivity index (χ2v) is 6.91. The molecule has 0 saturated heterocycles. The van der Waals surface area contributed by atoms with Crippen molar-refractivity contribution < 1.29 is 18.9 Å². The Morgan fingerprint density at radius 2 is 1.62 bits per heavy atom. The molecule has 5 nitrogen and oxygen atoms in total. The molecular formula is C24H25NO4. The normalized spacial score (nSPS) is 11.9. The number of anilines is 1. The van der Waals surface area contributed by atoms with Gasteiger partial charge in [-0.15, -0.1) is 0 Å². The maximum Gasteiger partial charge on any atom is 0.231 e. The number of hydrogen-bond acceptors (Lipinski definition) is 5. The molecule has 0 saturated carbocycles. The molecule has 3 aromatic rings. The van der Waals surface area contributed by atoms with Crippen molar-refractivity contribution in [2.45, 2.75) is 27.0 Å². The Balaban J connectivity index is 1.41. The first-order chi connectivity index (χ1) is 14.2. The van der Waals surface area contributed by atoms with Gasteiger partial charge in [0.15, 0.2) is 23.0 Å². The van der Waals surface area contributed by atoms with Crippen LogP contribution in [0.1, 0.15) is 23.6 Å². The molecular weight excluding hydrogens is 366 g/mol. The Morgan fingerprint density at radius 3 is 2.45 bits per heavy atom. The van der Waals surface area contributed by atoms with Crippen LogP contribution in [0.25, 0.3) is 0 Å². The zero-order valence-corrected chi connectivity index (χ0v) is 16.7. The average molecular weight is 391 g/mol. The average Bonchev–Trinajstić information content (AvgIpc) is 3.21. The third kappa shape index (κ3) is 4.74. The van der Waals surface area contributed by atoms with Gasteiger partial charge in [0.25, 0.3) is 0 Å². The maximum absolute atomic E-state index is 6.01. The lowest BCUT2D eigenvalue weighted by molar-refractivity contribution is 0.174. The number of aryl methyl sites for hydroxylation is 1.